The Kier molecular flexibility index (Phi) is 5.58. The van der Waals surface area contributed by atoms with E-state index in [0.29, 0.717) is 25.1 Å². The van der Waals surface area contributed by atoms with Gasteiger partial charge in [0.1, 0.15) is 15.7 Å². The van der Waals surface area contributed by atoms with Gasteiger partial charge in [-0.1, -0.05) is 25.1 Å². The van der Waals surface area contributed by atoms with E-state index >= 15 is 0 Å². The molecule has 0 saturated heterocycles. The fraction of sp³-hybridized carbons (Fsp3) is 0.500. The van der Waals surface area contributed by atoms with Crippen molar-refractivity contribution in [2.75, 3.05) is 18.1 Å². The van der Waals surface area contributed by atoms with Gasteiger partial charge in [-0.15, -0.1) is 0 Å². The van der Waals surface area contributed by atoms with Crippen molar-refractivity contribution < 1.29 is 12.8 Å². The van der Waals surface area contributed by atoms with Crippen LogP contribution in [-0.2, 0) is 16.4 Å². The molecule has 0 fully saturated rings. The summed E-state index contributed by atoms with van der Waals surface area (Å²) in [5, 5.41) is 3.03. The molecule has 5 heteroatoms. The minimum atomic E-state index is -2.89. The van der Waals surface area contributed by atoms with E-state index in [1.165, 1.54) is 6.07 Å². The maximum atomic E-state index is 13.2. The van der Waals surface area contributed by atoms with Gasteiger partial charge in [-0.2, -0.15) is 0 Å². The predicted molar refractivity (Wildman–Crippen MR) is 67.1 cm³/mol. The minimum Gasteiger partial charge on any atom is -0.313 e. The molecule has 0 saturated carbocycles. The van der Waals surface area contributed by atoms with Crippen molar-refractivity contribution in [2.24, 2.45) is 0 Å². The van der Waals surface area contributed by atoms with Gasteiger partial charge in [0.05, 0.1) is 5.75 Å². The Morgan fingerprint density at radius 2 is 2.00 bits per heavy atom. The molecule has 0 unspecified atom stereocenters. The first kappa shape index (κ1) is 14.1. The van der Waals surface area contributed by atoms with Crippen LogP contribution in [0.15, 0.2) is 24.3 Å². The van der Waals surface area contributed by atoms with E-state index in [1.807, 2.05) is 0 Å². The average molecular weight is 259 g/mol. The highest BCUT2D eigenvalue weighted by atomic mass is 32.2. The molecule has 1 aromatic rings. The maximum Gasteiger partial charge on any atom is 0.150 e. The van der Waals surface area contributed by atoms with Crippen molar-refractivity contribution in [1.82, 2.24) is 5.32 Å². The highest BCUT2D eigenvalue weighted by Gasteiger charge is 2.06. The van der Waals surface area contributed by atoms with Crippen molar-refractivity contribution in [3.8, 4) is 0 Å². The highest BCUT2D eigenvalue weighted by Crippen LogP contribution is 2.05. The van der Waals surface area contributed by atoms with E-state index in [1.54, 1.807) is 25.1 Å². The number of benzene rings is 1. The molecule has 3 nitrogen and oxygen atoms in total. The molecular formula is C12H18FNO2S. The molecule has 1 aromatic carbocycles. The Bertz CT molecular complexity index is 446. The molecule has 96 valence electrons. The first-order valence-corrected chi connectivity index (χ1v) is 7.52. The van der Waals surface area contributed by atoms with Gasteiger partial charge in [-0.25, -0.2) is 12.8 Å². The Hall–Kier alpha value is -0.940. The summed E-state index contributed by atoms with van der Waals surface area (Å²) < 4.78 is 35.6. The molecule has 0 aliphatic heterocycles. The fourth-order valence-electron chi connectivity index (χ4n) is 1.43. The van der Waals surface area contributed by atoms with Crippen LogP contribution in [0.2, 0.25) is 0 Å². The van der Waals surface area contributed by atoms with E-state index in [-0.39, 0.29) is 17.3 Å². The second-order valence-corrected chi connectivity index (χ2v) is 6.33. The minimum absolute atomic E-state index is 0.181. The van der Waals surface area contributed by atoms with Crippen LogP contribution in [0, 0.1) is 5.82 Å². The Labute approximate surface area is 102 Å². The molecule has 0 bridgehead atoms. The topological polar surface area (TPSA) is 46.2 Å². The van der Waals surface area contributed by atoms with Gasteiger partial charge in [0.2, 0.25) is 0 Å². The van der Waals surface area contributed by atoms with Crippen LogP contribution in [0.1, 0.15) is 18.9 Å². The van der Waals surface area contributed by atoms with Gasteiger partial charge < -0.3 is 5.32 Å². The second kappa shape index (κ2) is 6.71. The Morgan fingerprint density at radius 1 is 1.29 bits per heavy atom. The highest BCUT2D eigenvalue weighted by molar-refractivity contribution is 7.91. The lowest BCUT2D eigenvalue weighted by molar-refractivity contribution is 0.578. The van der Waals surface area contributed by atoms with Gasteiger partial charge in [-0.3, -0.25) is 0 Å². The number of hydrogen-bond donors (Lipinski definition) is 1. The number of rotatable bonds is 7. The third-order valence-electron chi connectivity index (χ3n) is 2.52. The molecule has 0 heterocycles. The summed E-state index contributed by atoms with van der Waals surface area (Å²) in [6.45, 7) is 2.65. The monoisotopic (exact) mass is 259 g/mol. The molecule has 0 aromatic heterocycles. The Morgan fingerprint density at radius 3 is 2.65 bits per heavy atom. The van der Waals surface area contributed by atoms with E-state index in [4.69, 9.17) is 0 Å². The van der Waals surface area contributed by atoms with E-state index in [9.17, 15) is 12.8 Å². The summed E-state index contributed by atoms with van der Waals surface area (Å²) in [5.41, 5.74) is 0.603. The van der Waals surface area contributed by atoms with Gasteiger partial charge in [0, 0.05) is 17.9 Å². The molecule has 0 radical (unpaired) electrons. The summed E-state index contributed by atoms with van der Waals surface area (Å²) in [7, 11) is -2.89. The van der Waals surface area contributed by atoms with Crippen molar-refractivity contribution in [3.05, 3.63) is 35.6 Å². The molecular weight excluding hydrogens is 241 g/mol. The number of sulfone groups is 1. The lowest BCUT2D eigenvalue weighted by atomic mass is 10.2. The average Bonchev–Trinajstić information content (AvgIpc) is 2.31. The smallest absolute Gasteiger partial charge is 0.150 e. The summed E-state index contributed by atoms with van der Waals surface area (Å²) in [4.78, 5) is 0. The van der Waals surface area contributed by atoms with Gasteiger partial charge in [0.25, 0.3) is 0 Å². The number of hydrogen-bond acceptors (Lipinski definition) is 3. The first-order chi connectivity index (χ1) is 8.05. The van der Waals surface area contributed by atoms with E-state index < -0.39 is 9.84 Å². The standard InChI is InChI=1S/C12H18FNO2S/c1-2-17(15,16)9-5-8-14-10-11-6-3-4-7-12(11)13/h3-4,6-7,14H,2,5,8-10H2,1H3. The SMILES string of the molecule is CCS(=O)(=O)CCCNCc1ccccc1F. The largest absolute Gasteiger partial charge is 0.313 e. The van der Waals surface area contributed by atoms with E-state index in [0.717, 1.165) is 0 Å². The number of nitrogens with one attached hydrogen (secondary N) is 1. The van der Waals surface area contributed by atoms with Crippen LogP contribution in [0.5, 0.6) is 0 Å². The summed E-state index contributed by atoms with van der Waals surface area (Å²) in [5.74, 6) is 0.134. The zero-order valence-corrected chi connectivity index (χ0v) is 10.8. The normalized spacial score (nSPS) is 11.6. The van der Waals surface area contributed by atoms with Crippen LogP contribution < -0.4 is 5.32 Å². The Balaban J connectivity index is 2.24. The lowest BCUT2D eigenvalue weighted by Crippen LogP contribution is -2.19. The molecule has 0 atom stereocenters. The van der Waals surface area contributed by atoms with Crippen LogP contribution >= 0.6 is 0 Å². The molecule has 17 heavy (non-hydrogen) atoms. The van der Waals surface area contributed by atoms with Crippen LogP contribution in [0.4, 0.5) is 4.39 Å². The maximum absolute atomic E-state index is 13.2. The van der Waals surface area contributed by atoms with Gasteiger partial charge in [-0.05, 0) is 19.0 Å². The quantitative estimate of drug-likeness (QED) is 0.759. The zero-order valence-electron chi connectivity index (χ0n) is 9.95. The van der Waals surface area contributed by atoms with Gasteiger partial charge in [0.15, 0.2) is 0 Å². The van der Waals surface area contributed by atoms with E-state index in [2.05, 4.69) is 5.32 Å². The van der Waals surface area contributed by atoms with Gasteiger partial charge >= 0.3 is 0 Å². The van der Waals surface area contributed by atoms with Crippen LogP contribution in [0.3, 0.4) is 0 Å². The summed E-state index contributed by atoms with van der Waals surface area (Å²) in [6, 6.07) is 6.55. The van der Waals surface area contributed by atoms with Crippen LogP contribution in [-0.4, -0.2) is 26.5 Å². The third kappa shape index (κ3) is 5.28. The predicted octanol–water partition coefficient (Wildman–Crippen LogP) is 1.74. The second-order valence-electron chi connectivity index (χ2n) is 3.86. The number of halogens is 1. The molecule has 0 aliphatic carbocycles. The zero-order chi connectivity index (χ0) is 12.7. The van der Waals surface area contributed by atoms with Crippen molar-refractivity contribution in [3.63, 3.8) is 0 Å². The molecule has 1 rings (SSSR count). The lowest BCUT2D eigenvalue weighted by Gasteiger charge is -2.05. The molecule has 1 N–H and O–H groups in total. The first-order valence-electron chi connectivity index (χ1n) is 5.69. The van der Waals surface area contributed by atoms with Crippen LogP contribution in [0.25, 0.3) is 0 Å². The summed E-state index contributed by atoms with van der Waals surface area (Å²) in [6.07, 6.45) is 0.560. The van der Waals surface area contributed by atoms with Crippen molar-refractivity contribution in [1.29, 1.82) is 0 Å². The molecule has 0 spiro atoms. The third-order valence-corrected chi connectivity index (χ3v) is 4.31. The summed E-state index contributed by atoms with van der Waals surface area (Å²) >= 11 is 0. The molecule has 0 amide bonds. The van der Waals surface area contributed by atoms with Crippen molar-refractivity contribution >= 4 is 9.84 Å². The fourth-order valence-corrected chi connectivity index (χ4v) is 2.30. The van der Waals surface area contributed by atoms with Crippen molar-refractivity contribution in [2.45, 2.75) is 19.9 Å². The molecule has 0 aliphatic rings.